The number of anilines is 1. The minimum atomic E-state index is 0.0421. The van der Waals surface area contributed by atoms with E-state index in [1.54, 1.807) is 0 Å². The Hall–Kier alpha value is -2.59. The fraction of sp³-hybridized carbons (Fsp3) is 0.250. The van der Waals surface area contributed by atoms with Gasteiger partial charge >= 0.3 is 0 Å². The summed E-state index contributed by atoms with van der Waals surface area (Å²) < 4.78 is 5.89. The first-order chi connectivity index (χ1) is 11.7. The fourth-order valence-corrected chi connectivity index (χ4v) is 3.96. The third-order valence-electron chi connectivity index (χ3n) is 5.14. The zero-order valence-electron chi connectivity index (χ0n) is 13.5. The van der Waals surface area contributed by atoms with Gasteiger partial charge in [0.15, 0.2) is 0 Å². The van der Waals surface area contributed by atoms with Crippen molar-refractivity contribution in [3.8, 4) is 0 Å². The first-order valence-electron chi connectivity index (χ1n) is 8.30. The van der Waals surface area contributed by atoms with Gasteiger partial charge in [0.05, 0.1) is 10.8 Å². The van der Waals surface area contributed by atoms with Gasteiger partial charge in [-0.05, 0) is 43.0 Å². The van der Waals surface area contributed by atoms with E-state index in [0.29, 0.717) is 27.9 Å². The molecule has 120 valence electrons. The summed E-state index contributed by atoms with van der Waals surface area (Å²) in [5.41, 5.74) is 3.89. The summed E-state index contributed by atoms with van der Waals surface area (Å²) in [6, 6.07) is 13.3. The van der Waals surface area contributed by atoms with Crippen LogP contribution in [0.3, 0.4) is 0 Å². The average Bonchev–Trinajstić information content (AvgIpc) is 3.12. The van der Waals surface area contributed by atoms with Crippen molar-refractivity contribution >= 4 is 27.6 Å². The molecule has 3 aromatic rings. The van der Waals surface area contributed by atoms with Crippen LogP contribution in [-0.2, 0) is 0 Å². The quantitative estimate of drug-likeness (QED) is 0.646. The van der Waals surface area contributed by atoms with E-state index in [9.17, 15) is 4.79 Å². The number of nitrogens with zero attached hydrogens (tertiary/aromatic N) is 2. The summed E-state index contributed by atoms with van der Waals surface area (Å²) in [7, 11) is 2.16. The van der Waals surface area contributed by atoms with Crippen molar-refractivity contribution in [3.05, 3.63) is 64.5 Å². The van der Waals surface area contributed by atoms with E-state index >= 15 is 0 Å². The Morgan fingerprint density at radius 1 is 1.04 bits per heavy atom. The topological polar surface area (TPSA) is 36.7 Å². The van der Waals surface area contributed by atoms with Crippen LogP contribution < -0.4 is 10.3 Å². The molecule has 0 spiro atoms. The van der Waals surface area contributed by atoms with Crippen LogP contribution in [0.2, 0.25) is 0 Å². The van der Waals surface area contributed by atoms with E-state index in [2.05, 4.69) is 23.0 Å². The smallest absolute Gasteiger partial charge is 0.200 e. The van der Waals surface area contributed by atoms with Crippen molar-refractivity contribution in [2.24, 2.45) is 5.92 Å². The first-order valence-corrected chi connectivity index (χ1v) is 8.30. The summed E-state index contributed by atoms with van der Waals surface area (Å²) in [6.45, 7) is 3.15. The Morgan fingerprint density at radius 2 is 1.88 bits per heavy atom. The van der Waals surface area contributed by atoms with Crippen LogP contribution >= 0.6 is 0 Å². The van der Waals surface area contributed by atoms with Crippen LogP contribution in [0.1, 0.15) is 0 Å². The number of benzene rings is 2. The van der Waals surface area contributed by atoms with Gasteiger partial charge in [-0.15, -0.1) is 0 Å². The molecule has 24 heavy (non-hydrogen) atoms. The Kier molecular flexibility index (Phi) is 2.85. The van der Waals surface area contributed by atoms with Crippen molar-refractivity contribution in [3.63, 3.8) is 0 Å². The molecule has 1 fully saturated rings. The van der Waals surface area contributed by atoms with Crippen molar-refractivity contribution in [1.29, 1.82) is 0 Å². The van der Waals surface area contributed by atoms with E-state index in [-0.39, 0.29) is 5.43 Å². The van der Waals surface area contributed by atoms with E-state index in [1.165, 1.54) is 5.57 Å². The van der Waals surface area contributed by atoms with Crippen LogP contribution in [0, 0.1) is 5.92 Å². The predicted molar refractivity (Wildman–Crippen MR) is 96.4 cm³/mol. The monoisotopic (exact) mass is 318 g/mol. The summed E-state index contributed by atoms with van der Waals surface area (Å²) in [5.74, 6) is 0.610. The Morgan fingerprint density at radius 3 is 2.75 bits per heavy atom. The summed E-state index contributed by atoms with van der Waals surface area (Å²) in [5, 5.41) is 1.29. The van der Waals surface area contributed by atoms with Gasteiger partial charge in [-0.2, -0.15) is 0 Å². The largest absolute Gasteiger partial charge is 0.456 e. The van der Waals surface area contributed by atoms with E-state index in [4.69, 9.17) is 4.42 Å². The lowest BCUT2D eigenvalue weighted by Crippen LogP contribution is -2.23. The second-order valence-electron chi connectivity index (χ2n) is 6.86. The van der Waals surface area contributed by atoms with Gasteiger partial charge in [-0.3, -0.25) is 4.79 Å². The van der Waals surface area contributed by atoms with E-state index in [1.807, 2.05) is 42.5 Å². The minimum absolute atomic E-state index is 0.0421. The number of fused-ring (bicyclic) bond motifs is 3. The molecule has 5 rings (SSSR count). The summed E-state index contributed by atoms with van der Waals surface area (Å²) in [4.78, 5) is 17.4. The number of para-hydroxylation sites is 1. The lowest BCUT2D eigenvalue weighted by molar-refractivity contribution is 0.396. The highest BCUT2D eigenvalue weighted by Gasteiger charge is 2.32. The molecule has 4 nitrogen and oxygen atoms in total. The van der Waals surface area contributed by atoms with Crippen molar-refractivity contribution < 1.29 is 4.42 Å². The standard InChI is InChI=1S/C20H18N2O2/c1-21-9-13-11-22(12-14(13)10-21)15-6-7-19-17(8-15)20(23)16-4-2-3-5-18(16)24-19/h2-8,11,14H,9-10,12H2,1H3. The van der Waals surface area contributed by atoms with Gasteiger partial charge in [-0.25, -0.2) is 0 Å². The third kappa shape index (κ3) is 2.00. The molecule has 3 heterocycles. The van der Waals surface area contributed by atoms with Gasteiger partial charge in [0.25, 0.3) is 0 Å². The van der Waals surface area contributed by atoms with Crippen LogP contribution in [0.15, 0.2) is 63.4 Å². The van der Waals surface area contributed by atoms with Gasteiger partial charge in [0, 0.05) is 37.4 Å². The molecule has 1 saturated heterocycles. The Bertz CT molecular complexity index is 1050. The van der Waals surface area contributed by atoms with Crippen LogP contribution in [-0.4, -0.2) is 31.6 Å². The summed E-state index contributed by atoms with van der Waals surface area (Å²) in [6.07, 6.45) is 2.25. The number of likely N-dealkylation sites (tertiary alicyclic amines) is 1. The Labute approximate surface area is 139 Å². The van der Waals surface area contributed by atoms with E-state index < -0.39 is 0 Å². The van der Waals surface area contributed by atoms with Gasteiger partial charge in [-0.1, -0.05) is 12.1 Å². The third-order valence-corrected chi connectivity index (χ3v) is 5.14. The number of hydrogen-bond acceptors (Lipinski definition) is 4. The molecule has 0 radical (unpaired) electrons. The number of likely N-dealkylation sites (N-methyl/N-ethyl adjacent to an activating group) is 1. The summed E-state index contributed by atoms with van der Waals surface area (Å²) >= 11 is 0. The van der Waals surface area contributed by atoms with Crippen LogP contribution in [0.25, 0.3) is 21.9 Å². The lowest BCUT2D eigenvalue weighted by atomic mass is 10.1. The maximum atomic E-state index is 12.8. The van der Waals surface area contributed by atoms with Gasteiger partial charge in [0.2, 0.25) is 5.43 Å². The SMILES string of the molecule is CN1CC2=CN(c3ccc4oc5ccccc5c(=O)c4c3)CC2C1. The van der Waals surface area contributed by atoms with Crippen molar-refractivity contribution in [2.75, 3.05) is 31.6 Å². The molecule has 0 bridgehead atoms. The van der Waals surface area contributed by atoms with Gasteiger partial charge < -0.3 is 14.2 Å². The van der Waals surface area contributed by atoms with Crippen LogP contribution in [0.5, 0.6) is 0 Å². The molecule has 0 amide bonds. The average molecular weight is 318 g/mol. The highest BCUT2D eigenvalue weighted by atomic mass is 16.3. The molecule has 1 unspecified atom stereocenters. The number of rotatable bonds is 1. The molecule has 1 atom stereocenters. The second kappa shape index (κ2) is 4.95. The maximum absolute atomic E-state index is 12.8. The van der Waals surface area contributed by atoms with E-state index in [0.717, 1.165) is 25.3 Å². The van der Waals surface area contributed by atoms with Crippen molar-refractivity contribution in [1.82, 2.24) is 4.90 Å². The normalized spacial score (nSPS) is 20.8. The molecule has 0 N–H and O–H groups in total. The zero-order chi connectivity index (χ0) is 16.3. The van der Waals surface area contributed by atoms with Crippen molar-refractivity contribution in [2.45, 2.75) is 0 Å². The highest BCUT2D eigenvalue weighted by molar-refractivity contribution is 5.91. The molecular formula is C20H18N2O2. The molecule has 4 heteroatoms. The predicted octanol–water partition coefficient (Wildman–Crippen LogP) is 3.21. The van der Waals surface area contributed by atoms with Crippen LogP contribution in [0.4, 0.5) is 5.69 Å². The maximum Gasteiger partial charge on any atom is 0.200 e. The second-order valence-corrected chi connectivity index (χ2v) is 6.86. The molecule has 1 aromatic heterocycles. The fourth-order valence-electron chi connectivity index (χ4n) is 3.96. The zero-order valence-corrected chi connectivity index (χ0v) is 13.5. The first kappa shape index (κ1) is 13.8. The number of hydrogen-bond donors (Lipinski definition) is 0. The minimum Gasteiger partial charge on any atom is -0.456 e. The van der Waals surface area contributed by atoms with Gasteiger partial charge in [0.1, 0.15) is 11.2 Å². The molecule has 0 saturated carbocycles. The molecular weight excluding hydrogens is 300 g/mol. The highest BCUT2D eigenvalue weighted by Crippen LogP contribution is 2.33. The lowest BCUT2D eigenvalue weighted by Gasteiger charge is -2.19. The molecule has 0 aliphatic carbocycles. The molecule has 2 aromatic carbocycles. The molecule has 2 aliphatic heterocycles. The molecule has 2 aliphatic rings. The Balaban J connectivity index is 1.63.